The van der Waals surface area contributed by atoms with Gasteiger partial charge in [-0.25, -0.2) is 9.79 Å². The summed E-state index contributed by atoms with van der Waals surface area (Å²) >= 11 is 0. The molecule has 0 radical (unpaired) electrons. The van der Waals surface area contributed by atoms with Crippen molar-refractivity contribution < 1.29 is 43.2 Å². The van der Waals surface area contributed by atoms with Crippen LogP contribution in [0.5, 0.6) is 0 Å². The molecule has 7 N–H and O–H groups in total. The normalized spacial score (nSPS) is 20.7. The molecular formula is C27H47N5O9. The Morgan fingerprint density at radius 3 is 2.05 bits per heavy atom. The van der Waals surface area contributed by atoms with Crippen molar-refractivity contribution in [3.05, 3.63) is 0 Å². The lowest BCUT2D eigenvalue weighted by Crippen LogP contribution is -2.52. The van der Waals surface area contributed by atoms with Crippen LogP contribution in [0.1, 0.15) is 40.0 Å². The predicted molar refractivity (Wildman–Crippen MR) is 151 cm³/mol. The molecule has 5 atom stereocenters. The first-order valence-electron chi connectivity index (χ1n) is 13.9. The molecule has 0 aliphatic heterocycles. The molecule has 1 rings (SSSR count). The van der Waals surface area contributed by atoms with Crippen molar-refractivity contribution in [2.45, 2.75) is 58.2 Å². The Labute approximate surface area is 242 Å². The predicted octanol–water partition coefficient (Wildman–Crippen LogP) is 0.0844. The van der Waals surface area contributed by atoms with Crippen molar-refractivity contribution in [3.63, 3.8) is 0 Å². The molecule has 0 saturated heterocycles. The van der Waals surface area contributed by atoms with Crippen molar-refractivity contribution in [2.24, 2.45) is 34.2 Å². The number of amides is 2. The minimum Gasteiger partial charge on any atom is -0.481 e. The van der Waals surface area contributed by atoms with E-state index in [1.54, 1.807) is 0 Å². The van der Waals surface area contributed by atoms with E-state index in [1.165, 1.54) is 6.92 Å². The van der Waals surface area contributed by atoms with Crippen LogP contribution in [0.4, 0.5) is 4.79 Å². The van der Waals surface area contributed by atoms with Crippen LogP contribution in [0.3, 0.4) is 0 Å². The molecule has 1 aliphatic rings. The van der Waals surface area contributed by atoms with E-state index in [0.717, 1.165) is 0 Å². The molecule has 0 unspecified atom stereocenters. The zero-order chi connectivity index (χ0) is 30.6. The number of carbonyl (C=O) groups is 3. The monoisotopic (exact) mass is 585 g/mol. The van der Waals surface area contributed by atoms with E-state index >= 15 is 0 Å². The third kappa shape index (κ3) is 13.9. The van der Waals surface area contributed by atoms with Gasteiger partial charge in [0.05, 0.1) is 58.2 Å². The van der Waals surface area contributed by atoms with Crippen LogP contribution in [-0.4, -0.2) is 107 Å². The van der Waals surface area contributed by atoms with Crippen LogP contribution in [0.15, 0.2) is 4.99 Å². The topological polar surface area (TPSA) is 206 Å². The van der Waals surface area contributed by atoms with Crippen LogP contribution in [0.25, 0.3) is 0 Å². The van der Waals surface area contributed by atoms with E-state index in [-0.39, 0.29) is 44.0 Å². The molecule has 1 fully saturated rings. The summed E-state index contributed by atoms with van der Waals surface area (Å²) in [4.78, 5) is 41.2. The first-order valence-corrected chi connectivity index (χ1v) is 13.9. The number of guanidine groups is 1. The van der Waals surface area contributed by atoms with Gasteiger partial charge < -0.3 is 50.9 Å². The Balaban J connectivity index is 2.63. The highest BCUT2D eigenvalue weighted by atomic mass is 16.6. The maximum atomic E-state index is 12.7. The maximum Gasteiger partial charge on any atom is 0.407 e. The molecule has 0 aromatic rings. The molecule has 0 spiro atoms. The minimum absolute atomic E-state index is 0.0163. The van der Waals surface area contributed by atoms with E-state index in [2.05, 4.69) is 21.5 Å². The van der Waals surface area contributed by atoms with E-state index in [4.69, 9.17) is 41.6 Å². The number of terminal acetylenes is 1. The van der Waals surface area contributed by atoms with E-state index in [0.29, 0.717) is 52.5 Å². The summed E-state index contributed by atoms with van der Waals surface area (Å²) < 4.78 is 26.9. The Bertz CT molecular complexity index is 859. The molecule has 234 valence electrons. The second kappa shape index (κ2) is 20.7. The molecule has 41 heavy (non-hydrogen) atoms. The Hall–Kier alpha value is -3.12. The van der Waals surface area contributed by atoms with Gasteiger partial charge in [0.15, 0.2) is 5.96 Å². The van der Waals surface area contributed by atoms with Crippen LogP contribution >= 0.6 is 0 Å². The number of rotatable bonds is 21. The number of hydrogen-bond donors (Lipinski definition) is 5. The highest BCUT2D eigenvalue weighted by molar-refractivity contribution is 5.77. The largest absolute Gasteiger partial charge is 0.481 e. The molecule has 0 aromatic heterocycles. The number of ether oxygens (including phenoxy) is 5. The van der Waals surface area contributed by atoms with Crippen molar-refractivity contribution in [2.75, 3.05) is 59.4 Å². The zero-order valence-corrected chi connectivity index (χ0v) is 24.3. The van der Waals surface area contributed by atoms with Crippen LogP contribution in [0, 0.1) is 30.1 Å². The van der Waals surface area contributed by atoms with Gasteiger partial charge >= 0.3 is 12.1 Å². The third-order valence-corrected chi connectivity index (χ3v) is 6.75. The summed E-state index contributed by atoms with van der Waals surface area (Å²) in [5.74, 6) is -0.988. The third-order valence-electron chi connectivity index (χ3n) is 6.75. The van der Waals surface area contributed by atoms with Gasteiger partial charge in [0, 0.05) is 25.4 Å². The second-order valence-corrected chi connectivity index (χ2v) is 9.57. The van der Waals surface area contributed by atoms with Crippen molar-refractivity contribution in [1.29, 1.82) is 0 Å². The lowest BCUT2D eigenvalue weighted by Gasteiger charge is -2.36. The number of alkyl carbamates (subject to hydrolysis) is 1. The standard InChI is InChI=1S/C27H47N5O9/c1-5-9-37-11-13-39-15-16-40-14-12-38-10-8-30-27(36)41-24-20(25(34)35)17-21(32-26(28)29)22(24)23(31-18(4)33)19(6-2)7-3/h1,19-24H,6-17H2,2-4H3,(H,30,36)(H,31,33)(H,34,35)(H4,28,29,32)/t20-,21+,22+,23-,24+/m0/s1. The fourth-order valence-corrected chi connectivity index (χ4v) is 4.96. The van der Waals surface area contributed by atoms with Gasteiger partial charge in [0.2, 0.25) is 5.91 Å². The van der Waals surface area contributed by atoms with Gasteiger partial charge in [-0.3, -0.25) is 9.59 Å². The van der Waals surface area contributed by atoms with Crippen molar-refractivity contribution >= 4 is 23.9 Å². The maximum absolute atomic E-state index is 12.7. The molecule has 1 saturated carbocycles. The molecule has 0 bridgehead atoms. The molecular weight excluding hydrogens is 538 g/mol. The Kier molecular flexibility index (Phi) is 18.1. The summed E-state index contributed by atoms with van der Waals surface area (Å²) in [6.45, 7) is 8.23. The van der Waals surface area contributed by atoms with Gasteiger partial charge in [0.1, 0.15) is 12.7 Å². The lowest BCUT2D eigenvalue weighted by molar-refractivity contribution is -0.145. The number of carbonyl (C=O) groups excluding carboxylic acids is 2. The van der Waals surface area contributed by atoms with Gasteiger partial charge in [-0.15, -0.1) is 6.42 Å². The quantitative estimate of drug-likeness (QED) is 0.0528. The van der Waals surface area contributed by atoms with E-state index < -0.39 is 42.1 Å². The van der Waals surface area contributed by atoms with Crippen LogP contribution < -0.4 is 22.1 Å². The smallest absolute Gasteiger partial charge is 0.407 e. The number of aliphatic imine (C=N–C) groups is 1. The fraction of sp³-hybridized carbons (Fsp3) is 0.778. The molecule has 0 aromatic carbocycles. The number of nitrogens with two attached hydrogens (primary N) is 2. The van der Waals surface area contributed by atoms with Gasteiger partial charge in [-0.05, 0) is 12.3 Å². The highest BCUT2D eigenvalue weighted by Crippen LogP contribution is 2.41. The molecule has 14 heteroatoms. The molecule has 14 nitrogen and oxygen atoms in total. The Morgan fingerprint density at radius 1 is 1.00 bits per heavy atom. The number of carboxylic acid groups (broad SMARTS) is 1. The molecule has 0 heterocycles. The summed E-state index contributed by atoms with van der Waals surface area (Å²) in [5.41, 5.74) is 11.3. The van der Waals surface area contributed by atoms with E-state index in [1.807, 2.05) is 13.8 Å². The number of carboxylic acids is 1. The van der Waals surface area contributed by atoms with Crippen LogP contribution in [0.2, 0.25) is 0 Å². The summed E-state index contributed by atoms with van der Waals surface area (Å²) in [7, 11) is 0. The average Bonchev–Trinajstić information content (AvgIpc) is 3.25. The molecule has 2 amide bonds. The van der Waals surface area contributed by atoms with E-state index in [9.17, 15) is 19.5 Å². The zero-order valence-electron chi connectivity index (χ0n) is 24.3. The first-order chi connectivity index (χ1) is 19.7. The van der Waals surface area contributed by atoms with Gasteiger partial charge in [0.25, 0.3) is 0 Å². The Morgan fingerprint density at radius 2 is 1.56 bits per heavy atom. The second-order valence-electron chi connectivity index (χ2n) is 9.57. The van der Waals surface area contributed by atoms with Crippen molar-refractivity contribution in [1.82, 2.24) is 10.6 Å². The first kappa shape index (κ1) is 35.9. The average molecular weight is 586 g/mol. The summed E-state index contributed by atoms with van der Waals surface area (Å²) in [5, 5.41) is 15.5. The number of nitrogens with zero attached hydrogens (tertiary/aromatic N) is 1. The van der Waals surface area contributed by atoms with Gasteiger partial charge in [-0.2, -0.15) is 0 Å². The fourth-order valence-electron chi connectivity index (χ4n) is 4.96. The van der Waals surface area contributed by atoms with Gasteiger partial charge in [-0.1, -0.05) is 32.6 Å². The highest BCUT2D eigenvalue weighted by Gasteiger charge is 2.53. The summed E-state index contributed by atoms with van der Waals surface area (Å²) in [6, 6.07) is -1.17. The minimum atomic E-state index is -1.14. The lowest BCUT2D eigenvalue weighted by atomic mass is 9.80. The van der Waals surface area contributed by atoms with Crippen molar-refractivity contribution in [3.8, 4) is 12.3 Å². The SMILES string of the molecule is C#CCOCCOCCOCCOCCNC(=O)O[C@H]1[C@@H]([C@@H](NC(C)=O)C(CC)CC)[C@H](N=C(N)N)C[C@@H]1C(=O)O. The molecule has 1 aliphatic carbocycles. The number of hydrogen-bond acceptors (Lipinski definition) is 9. The number of aliphatic carboxylic acids is 1. The summed E-state index contributed by atoms with van der Waals surface area (Å²) in [6.07, 6.45) is 4.68. The number of nitrogens with one attached hydrogen (secondary N) is 2. The van der Waals surface area contributed by atoms with Crippen LogP contribution in [-0.2, 0) is 33.3 Å².